The fourth-order valence-corrected chi connectivity index (χ4v) is 3.87. The largest absolute Gasteiger partial charge is 0.152 e. The van der Waals surface area contributed by atoms with Crippen LogP contribution in [0.1, 0.15) is 38.2 Å². The molecule has 1 aliphatic carbocycles. The highest BCUT2D eigenvalue weighted by Gasteiger charge is 2.35. The Morgan fingerprint density at radius 3 is 2.79 bits per heavy atom. The van der Waals surface area contributed by atoms with Gasteiger partial charge in [-0.2, -0.15) is 11.3 Å². The average molecular weight is 273 g/mol. The highest BCUT2D eigenvalue weighted by atomic mass is 79.9. The lowest BCUT2D eigenvalue weighted by Crippen LogP contribution is -2.26. The number of hydrogen-bond acceptors (Lipinski definition) is 1. The van der Waals surface area contributed by atoms with Gasteiger partial charge in [0.1, 0.15) is 0 Å². The zero-order chi connectivity index (χ0) is 10.0. The van der Waals surface area contributed by atoms with Crippen LogP contribution in [0.2, 0.25) is 0 Å². The van der Waals surface area contributed by atoms with E-state index in [1.54, 1.807) is 11.3 Å². The van der Waals surface area contributed by atoms with Crippen LogP contribution in [-0.2, 0) is 6.42 Å². The summed E-state index contributed by atoms with van der Waals surface area (Å²) in [6, 6.07) is 2.25. The molecule has 0 aromatic carbocycles. The lowest BCUT2D eigenvalue weighted by molar-refractivity contribution is 0.326. The number of halogens is 1. The zero-order valence-corrected chi connectivity index (χ0v) is 11.0. The van der Waals surface area contributed by atoms with Crippen molar-refractivity contribution < 1.29 is 0 Å². The first-order valence-electron chi connectivity index (χ1n) is 5.36. The predicted molar refractivity (Wildman–Crippen MR) is 67.3 cm³/mol. The minimum Gasteiger partial charge on any atom is -0.152 e. The van der Waals surface area contributed by atoms with E-state index in [9.17, 15) is 0 Å². The van der Waals surface area contributed by atoms with Gasteiger partial charge < -0.3 is 0 Å². The highest BCUT2D eigenvalue weighted by Crippen LogP contribution is 2.44. The molecule has 1 saturated carbocycles. The molecule has 0 radical (unpaired) electrons. The smallest absolute Gasteiger partial charge is 0.0240 e. The van der Waals surface area contributed by atoms with Gasteiger partial charge in [-0.15, -0.1) is 0 Å². The summed E-state index contributed by atoms with van der Waals surface area (Å²) >= 11 is 5.69. The van der Waals surface area contributed by atoms with Crippen molar-refractivity contribution in [1.29, 1.82) is 0 Å². The van der Waals surface area contributed by atoms with Crippen LogP contribution in [0, 0.1) is 5.41 Å². The van der Waals surface area contributed by atoms with Crippen molar-refractivity contribution in [2.75, 3.05) is 0 Å². The molecule has 1 aliphatic rings. The second-order valence-electron chi connectivity index (χ2n) is 4.66. The van der Waals surface area contributed by atoms with Crippen molar-refractivity contribution in [2.45, 2.75) is 43.9 Å². The summed E-state index contributed by atoms with van der Waals surface area (Å²) in [6.07, 6.45) is 6.82. The van der Waals surface area contributed by atoms with Crippen molar-refractivity contribution >= 4 is 27.3 Å². The second kappa shape index (κ2) is 4.36. The third-order valence-corrected chi connectivity index (χ3v) is 5.66. The summed E-state index contributed by atoms with van der Waals surface area (Å²) in [4.78, 5) is 0.659. The molecule has 0 aliphatic heterocycles. The number of hydrogen-bond donors (Lipinski definition) is 0. The fraction of sp³-hybridized carbons (Fsp3) is 0.667. The van der Waals surface area contributed by atoms with E-state index >= 15 is 0 Å². The van der Waals surface area contributed by atoms with E-state index in [4.69, 9.17) is 0 Å². The third kappa shape index (κ3) is 2.22. The molecule has 0 saturated heterocycles. The van der Waals surface area contributed by atoms with Crippen molar-refractivity contribution in [3.8, 4) is 0 Å². The summed E-state index contributed by atoms with van der Waals surface area (Å²) in [5.74, 6) is 0. The van der Waals surface area contributed by atoms with Crippen molar-refractivity contribution in [2.24, 2.45) is 5.41 Å². The molecule has 0 N–H and O–H groups in total. The Hall–Kier alpha value is 0.180. The van der Waals surface area contributed by atoms with Gasteiger partial charge in [-0.25, -0.2) is 0 Å². The van der Waals surface area contributed by atoms with Crippen LogP contribution in [0.4, 0.5) is 0 Å². The topological polar surface area (TPSA) is 0 Å². The van der Waals surface area contributed by atoms with Gasteiger partial charge in [-0.1, -0.05) is 35.7 Å². The molecule has 14 heavy (non-hydrogen) atoms. The van der Waals surface area contributed by atoms with Crippen molar-refractivity contribution in [3.05, 3.63) is 22.4 Å². The maximum Gasteiger partial charge on any atom is 0.0240 e. The van der Waals surface area contributed by atoms with E-state index < -0.39 is 0 Å². The zero-order valence-electron chi connectivity index (χ0n) is 8.63. The molecule has 1 heterocycles. The molecule has 0 spiro atoms. The lowest BCUT2D eigenvalue weighted by Gasteiger charge is -2.29. The summed E-state index contributed by atoms with van der Waals surface area (Å²) in [6.45, 7) is 2.44. The quantitative estimate of drug-likeness (QED) is 0.704. The molecule has 0 bridgehead atoms. The molecule has 0 nitrogen and oxygen atoms in total. The first-order valence-corrected chi connectivity index (χ1v) is 7.22. The minimum atomic E-state index is 0.544. The highest BCUT2D eigenvalue weighted by molar-refractivity contribution is 9.09. The summed E-state index contributed by atoms with van der Waals surface area (Å²) < 4.78 is 0. The maximum absolute atomic E-state index is 3.89. The van der Waals surface area contributed by atoms with Crippen LogP contribution in [-0.4, -0.2) is 4.83 Å². The van der Waals surface area contributed by atoms with Gasteiger partial charge in [-0.3, -0.25) is 0 Å². The Bertz CT molecular complexity index is 273. The van der Waals surface area contributed by atoms with Crippen LogP contribution >= 0.6 is 27.3 Å². The molecule has 1 fully saturated rings. The van der Waals surface area contributed by atoms with E-state index in [-0.39, 0.29) is 0 Å². The van der Waals surface area contributed by atoms with Gasteiger partial charge in [0.25, 0.3) is 0 Å². The Morgan fingerprint density at radius 1 is 1.50 bits per heavy atom. The summed E-state index contributed by atoms with van der Waals surface area (Å²) in [5, 5.41) is 4.44. The van der Waals surface area contributed by atoms with Gasteiger partial charge in [-0.05, 0) is 47.1 Å². The molecule has 1 unspecified atom stereocenters. The van der Waals surface area contributed by atoms with E-state index in [0.717, 1.165) is 0 Å². The number of rotatable bonds is 3. The van der Waals surface area contributed by atoms with Crippen LogP contribution in [0.3, 0.4) is 0 Å². The molecule has 0 amide bonds. The normalized spacial score (nSPS) is 22.4. The standard InChI is InChI=1S/C12H17BrS/c1-12(5-2-3-6-12)11(13)8-10-4-7-14-9-10/h4,7,9,11H,2-3,5-6,8H2,1H3. The molecule has 2 rings (SSSR count). The van der Waals surface area contributed by atoms with Gasteiger partial charge >= 0.3 is 0 Å². The Balaban J connectivity index is 1.98. The van der Waals surface area contributed by atoms with Gasteiger partial charge in [0.05, 0.1) is 0 Å². The van der Waals surface area contributed by atoms with Crippen LogP contribution in [0.15, 0.2) is 16.8 Å². The average Bonchev–Trinajstić information content (AvgIpc) is 2.76. The second-order valence-corrected chi connectivity index (χ2v) is 6.55. The first kappa shape index (κ1) is 10.7. The fourth-order valence-electron chi connectivity index (χ4n) is 2.36. The van der Waals surface area contributed by atoms with E-state index in [1.165, 1.54) is 37.7 Å². The molecular weight excluding hydrogens is 256 g/mol. The van der Waals surface area contributed by atoms with Gasteiger partial charge in [0, 0.05) is 4.83 Å². The minimum absolute atomic E-state index is 0.544. The van der Waals surface area contributed by atoms with E-state index in [2.05, 4.69) is 39.7 Å². The molecule has 2 heteroatoms. The first-order chi connectivity index (χ1) is 6.71. The monoisotopic (exact) mass is 272 g/mol. The molecule has 1 aromatic rings. The summed E-state index contributed by atoms with van der Waals surface area (Å²) in [5.41, 5.74) is 2.03. The molecule has 78 valence electrons. The van der Waals surface area contributed by atoms with Crippen LogP contribution in [0.25, 0.3) is 0 Å². The van der Waals surface area contributed by atoms with Gasteiger partial charge in [0.15, 0.2) is 0 Å². The van der Waals surface area contributed by atoms with Crippen LogP contribution < -0.4 is 0 Å². The van der Waals surface area contributed by atoms with Crippen molar-refractivity contribution in [3.63, 3.8) is 0 Å². The maximum atomic E-state index is 3.89. The summed E-state index contributed by atoms with van der Waals surface area (Å²) in [7, 11) is 0. The predicted octanol–water partition coefficient (Wildman–Crippen LogP) is 4.63. The van der Waals surface area contributed by atoms with E-state index in [1.807, 2.05) is 0 Å². The Kier molecular flexibility index (Phi) is 3.33. The molecule has 1 aromatic heterocycles. The molecular formula is C12H17BrS. The Labute approximate surface area is 98.9 Å². The SMILES string of the molecule is CC1(C(Br)Cc2ccsc2)CCCC1. The Morgan fingerprint density at radius 2 is 2.21 bits per heavy atom. The van der Waals surface area contributed by atoms with Crippen LogP contribution in [0.5, 0.6) is 0 Å². The third-order valence-electron chi connectivity index (χ3n) is 3.50. The van der Waals surface area contributed by atoms with E-state index in [0.29, 0.717) is 10.2 Å². The lowest BCUT2D eigenvalue weighted by atomic mass is 9.83. The molecule has 1 atom stereocenters. The van der Waals surface area contributed by atoms with Crippen molar-refractivity contribution in [1.82, 2.24) is 0 Å². The number of alkyl halides is 1. The number of thiophene rings is 1. The van der Waals surface area contributed by atoms with Gasteiger partial charge in [0.2, 0.25) is 0 Å².